The van der Waals surface area contributed by atoms with Crippen LogP contribution in [0.1, 0.15) is 106 Å². The summed E-state index contributed by atoms with van der Waals surface area (Å²) in [7, 11) is 0. The lowest BCUT2D eigenvalue weighted by Gasteiger charge is -2.70. The number of nitrogens with zero attached hydrogens (tertiary/aromatic N) is 2. The van der Waals surface area contributed by atoms with Gasteiger partial charge in [0, 0.05) is 24.2 Å². The summed E-state index contributed by atoms with van der Waals surface area (Å²) in [5, 5.41) is 13.1. The van der Waals surface area contributed by atoms with E-state index in [0.717, 1.165) is 38.5 Å². The van der Waals surface area contributed by atoms with Crippen molar-refractivity contribution in [1.82, 2.24) is 14.9 Å². The Morgan fingerprint density at radius 1 is 1.00 bits per heavy atom. The summed E-state index contributed by atoms with van der Waals surface area (Å²) in [6.07, 6.45) is 14.6. The van der Waals surface area contributed by atoms with E-state index < -0.39 is 17.4 Å². The number of fused-ring (bicyclic) bond motifs is 7. The molecule has 4 fully saturated rings. The number of carbonyl (C=O) groups is 4. The Balaban J connectivity index is 1.20. The van der Waals surface area contributed by atoms with Gasteiger partial charge in [0.25, 0.3) is 0 Å². The molecule has 5 aliphatic carbocycles. The topological polar surface area (TPSA) is 128 Å². The maximum atomic E-state index is 14.6. The Morgan fingerprint density at radius 3 is 2.40 bits per heavy atom. The standard InChI is InChI=1S/C38H55N3O6/c1-33(2)24(31(44)40-22-29(43)47-19-18-41-17-16-39-23-41)8-10-36(5)28(33)9-11-38(7)30(36)27(42)20-25-26-21-35(4,32(45)46)13-12-34(26,3)14-15-37(25,38)6/h16-17,20,23-24,26,28,30H,8-15,18-19,21-22H2,1-7H3,(H,40,44)(H,45,46)/t24-,26+,28+,30-,34-,35+,36+,37-,38-/m1/s1. The van der Waals surface area contributed by atoms with E-state index in [-0.39, 0.29) is 75.6 Å². The molecule has 258 valence electrons. The lowest BCUT2D eigenvalue weighted by atomic mass is 9.33. The van der Waals surface area contributed by atoms with Gasteiger partial charge in [-0.25, -0.2) is 4.98 Å². The van der Waals surface area contributed by atoms with Crippen LogP contribution in [0.25, 0.3) is 0 Å². The molecule has 4 saturated carbocycles. The first kappa shape index (κ1) is 33.9. The van der Waals surface area contributed by atoms with Crippen molar-refractivity contribution in [3.8, 4) is 0 Å². The average molecular weight is 650 g/mol. The molecule has 1 amide bonds. The smallest absolute Gasteiger partial charge is 0.325 e. The number of allylic oxidation sites excluding steroid dienone is 2. The fourth-order valence-electron chi connectivity index (χ4n) is 11.9. The number of carboxylic acids is 1. The van der Waals surface area contributed by atoms with Crippen LogP contribution in [-0.4, -0.2) is 51.4 Å². The quantitative estimate of drug-likeness (QED) is 0.336. The molecule has 1 aromatic heterocycles. The number of nitrogens with one attached hydrogen (secondary N) is 1. The van der Waals surface area contributed by atoms with Gasteiger partial charge >= 0.3 is 11.9 Å². The molecule has 0 spiro atoms. The zero-order valence-electron chi connectivity index (χ0n) is 29.5. The molecule has 0 saturated heterocycles. The molecule has 47 heavy (non-hydrogen) atoms. The SMILES string of the molecule is CC1(C)[C@@H](C(=O)NCC(=O)OCCn2ccnc2)CC[C@]2(C)[C@H]3C(=O)C=C4[C@@H]5C[C@@](C)(C(=O)O)CC[C@]5(C)CC[C@@]4(C)[C@]3(C)CC[C@@H]12. The fraction of sp³-hybridized carbons (Fsp3) is 0.763. The van der Waals surface area contributed by atoms with E-state index >= 15 is 0 Å². The Hall–Kier alpha value is -2.97. The maximum absolute atomic E-state index is 14.6. The monoisotopic (exact) mass is 649 g/mol. The van der Waals surface area contributed by atoms with Gasteiger partial charge in [0.2, 0.25) is 5.91 Å². The predicted molar refractivity (Wildman–Crippen MR) is 177 cm³/mol. The lowest BCUT2D eigenvalue weighted by Crippen LogP contribution is -2.66. The zero-order valence-corrected chi connectivity index (χ0v) is 29.5. The molecule has 9 nitrogen and oxygen atoms in total. The molecule has 0 bridgehead atoms. The first-order valence-corrected chi connectivity index (χ1v) is 17.8. The van der Waals surface area contributed by atoms with E-state index in [2.05, 4.69) is 51.8 Å². The molecule has 6 rings (SSSR count). The number of hydrogen-bond acceptors (Lipinski definition) is 6. The van der Waals surface area contributed by atoms with E-state index in [1.807, 2.05) is 17.6 Å². The van der Waals surface area contributed by atoms with Crippen molar-refractivity contribution < 1.29 is 29.0 Å². The Bertz CT molecular complexity index is 1480. The number of hydrogen-bond donors (Lipinski definition) is 2. The normalized spacial score (nSPS) is 42.1. The third-order valence-corrected chi connectivity index (χ3v) is 15.0. The molecule has 0 aromatic carbocycles. The third kappa shape index (κ3) is 5.11. The highest BCUT2D eigenvalue weighted by Gasteiger charge is 2.70. The molecule has 0 radical (unpaired) electrons. The van der Waals surface area contributed by atoms with Crippen LogP contribution in [0, 0.1) is 56.2 Å². The second kappa shape index (κ2) is 11.3. The Kier molecular flexibility index (Phi) is 8.15. The molecule has 5 aliphatic rings. The summed E-state index contributed by atoms with van der Waals surface area (Å²) in [6, 6.07) is 0. The highest BCUT2D eigenvalue weighted by Crippen LogP contribution is 2.75. The number of ketones is 1. The number of ether oxygens (including phenoxy) is 1. The highest BCUT2D eigenvalue weighted by molar-refractivity contribution is 5.96. The van der Waals surface area contributed by atoms with Crippen molar-refractivity contribution in [2.24, 2.45) is 56.2 Å². The predicted octanol–water partition coefficient (Wildman–Crippen LogP) is 6.22. The van der Waals surface area contributed by atoms with Crippen LogP contribution in [0.2, 0.25) is 0 Å². The number of carbonyl (C=O) groups excluding carboxylic acids is 3. The van der Waals surface area contributed by atoms with Crippen LogP contribution < -0.4 is 5.32 Å². The van der Waals surface area contributed by atoms with E-state index in [9.17, 15) is 24.3 Å². The Morgan fingerprint density at radius 2 is 1.72 bits per heavy atom. The van der Waals surface area contributed by atoms with Crippen molar-refractivity contribution >= 4 is 23.6 Å². The number of carboxylic acid groups (broad SMARTS) is 1. The summed E-state index contributed by atoms with van der Waals surface area (Å²) < 4.78 is 7.16. The molecule has 1 heterocycles. The second-order valence-corrected chi connectivity index (χ2v) is 17.7. The molecule has 9 atom stereocenters. The number of esters is 1. The number of rotatable bonds is 7. The number of amides is 1. The summed E-state index contributed by atoms with van der Waals surface area (Å²) in [4.78, 5) is 57.0. The van der Waals surface area contributed by atoms with Gasteiger partial charge in [-0.05, 0) is 110 Å². The lowest BCUT2D eigenvalue weighted by molar-refractivity contribution is -0.194. The Labute approximate surface area is 279 Å². The highest BCUT2D eigenvalue weighted by atomic mass is 16.5. The van der Waals surface area contributed by atoms with Crippen molar-refractivity contribution in [2.75, 3.05) is 13.2 Å². The number of aliphatic carboxylic acids is 1. The molecular weight excluding hydrogens is 594 g/mol. The van der Waals surface area contributed by atoms with E-state index in [1.165, 1.54) is 5.57 Å². The van der Waals surface area contributed by atoms with Crippen molar-refractivity contribution in [3.05, 3.63) is 30.4 Å². The first-order valence-electron chi connectivity index (χ1n) is 17.8. The maximum Gasteiger partial charge on any atom is 0.325 e. The van der Waals surface area contributed by atoms with Gasteiger partial charge in [-0.2, -0.15) is 0 Å². The van der Waals surface area contributed by atoms with Gasteiger partial charge in [0.05, 0.1) is 18.3 Å². The van der Waals surface area contributed by atoms with Gasteiger partial charge < -0.3 is 19.7 Å². The first-order chi connectivity index (χ1) is 21.9. The minimum Gasteiger partial charge on any atom is -0.481 e. The number of aromatic nitrogens is 2. The summed E-state index contributed by atoms with van der Waals surface area (Å²) in [5.74, 6) is -1.26. The summed E-state index contributed by atoms with van der Waals surface area (Å²) in [6.45, 7) is 16.2. The van der Waals surface area contributed by atoms with Crippen LogP contribution in [0.4, 0.5) is 0 Å². The van der Waals surface area contributed by atoms with Crippen LogP contribution in [0.3, 0.4) is 0 Å². The fourth-order valence-corrected chi connectivity index (χ4v) is 11.9. The average Bonchev–Trinajstić information content (AvgIpc) is 3.51. The van der Waals surface area contributed by atoms with Crippen molar-refractivity contribution in [1.29, 1.82) is 0 Å². The summed E-state index contributed by atoms with van der Waals surface area (Å²) in [5.41, 5.74) is -0.607. The number of imidazole rings is 1. The van der Waals surface area contributed by atoms with Crippen LogP contribution in [-0.2, 0) is 30.5 Å². The van der Waals surface area contributed by atoms with Gasteiger partial charge in [0.15, 0.2) is 5.78 Å². The molecule has 1 aromatic rings. The molecule has 2 N–H and O–H groups in total. The van der Waals surface area contributed by atoms with E-state index in [4.69, 9.17) is 4.74 Å². The minimum atomic E-state index is -0.770. The molecule has 0 unspecified atom stereocenters. The molecule has 9 heteroatoms. The van der Waals surface area contributed by atoms with Gasteiger partial charge in [-0.1, -0.05) is 47.1 Å². The largest absolute Gasteiger partial charge is 0.481 e. The van der Waals surface area contributed by atoms with Crippen molar-refractivity contribution in [2.45, 2.75) is 113 Å². The van der Waals surface area contributed by atoms with Gasteiger partial charge in [-0.15, -0.1) is 0 Å². The van der Waals surface area contributed by atoms with Crippen LogP contribution >= 0.6 is 0 Å². The molecular formula is C38H55N3O6. The van der Waals surface area contributed by atoms with Crippen LogP contribution in [0.5, 0.6) is 0 Å². The summed E-state index contributed by atoms with van der Waals surface area (Å²) >= 11 is 0. The van der Waals surface area contributed by atoms with E-state index in [0.29, 0.717) is 25.8 Å². The van der Waals surface area contributed by atoms with E-state index in [1.54, 1.807) is 18.7 Å². The minimum absolute atomic E-state index is 0.0186. The second-order valence-electron chi connectivity index (χ2n) is 17.7. The van der Waals surface area contributed by atoms with Gasteiger partial charge in [-0.3, -0.25) is 19.2 Å². The zero-order chi connectivity index (χ0) is 34.2. The van der Waals surface area contributed by atoms with Crippen LogP contribution in [0.15, 0.2) is 30.4 Å². The third-order valence-electron chi connectivity index (χ3n) is 15.0. The van der Waals surface area contributed by atoms with Crippen molar-refractivity contribution in [3.63, 3.8) is 0 Å². The van der Waals surface area contributed by atoms with Gasteiger partial charge in [0.1, 0.15) is 13.2 Å². The molecule has 0 aliphatic heterocycles.